The number of nitrogens with zero attached hydrogens (tertiary/aromatic N) is 1. The number of H-pyrrole nitrogens is 1. The number of ether oxygens (including phenoxy) is 1. The Morgan fingerprint density at radius 1 is 1.43 bits per heavy atom. The number of imidazole rings is 1. The topological polar surface area (TPSA) is 67.0 Å². The van der Waals surface area contributed by atoms with Gasteiger partial charge in [0, 0.05) is 6.54 Å². The largest absolute Gasteiger partial charge is 0.376 e. The van der Waals surface area contributed by atoms with Crippen LogP contribution in [-0.4, -0.2) is 35.1 Å². The highest BCUT2D eigenvalue weighted by molar-refractivity contribution is 6.04. The molecular formula is C17H22FN3O2. The lowest BCUT2D eigenvalue weighted by Gasteiger charge is -2.28. The average Bonchev–Trinajstić information content (AvgIpc) is 3.00. The van der Waals surface area contributed by atoms with Crippen molar-refractivity contribution in [3.8, 4) is 0 Å². The van der Waals surface area contributed by atoms with Crippen LogP contribution in [0, 0.1) is 11.7 Å². The van der Waals surface area contributed by atoms with Crippen LogP contribution in [0.15, 0.2) is 18.5 Å². The molecule has 0 bridgehead atoms. The minimum absolute atomic E-state index is 0.243. The zero-order valence-electron chi connectivity index (χ0n) is 13.3. The number of carbonyl (C=O) groups excluding carboxylic acids is 1. The maximum absolute atomic E-state index is 13.6. The number of rotatable bonds is 5. The van der Waals surface area contributed by atoms with E-state index in [-0.39, 0.29) is 17.6 Å². The number of fused-ring (bicyclic) bond motifs is 1. The second kappa shape index (κ2) is 7.08. The molecule has 6 heteroatoms. The number of hydrogen-bond donors (Lipinski definition) is 2. The zero-order chi connectivity index (χ0) is 16.2. The Morgan fingerprint density at radius 2 is 2.26 bits per heavy atom. The van der Waals surface area contributed by atoms with Crippen molar-refractivity contribution in [1.82, 2.24) is 15.3 Å². The summed E-state index contributed by atoms with van der Waals surface area (Å²) in [5.74, 6) is -0.215. The Hall–Kier alpha value is -1.95. The van der Waals surface area contributed by atoms with Crippen LogP contribution in [0.4, 0.5) is 4.39 Å². The Labute approximate surface area is 134 Å². The van der Waals surface area contributed by atoms with Crippen LogP contribution in [0.3, 0.4) is 0 Å². The molecule has 124 valence electrons. The molecule has 23 heavy (non-hydrogen) atoms. The van der Waals surface area contributed by atoms with Crippen molar-refractivity contribution in [2.75, 3.05) is 13.2 Å². The van der Waals surface area contributed by atoms with Crippen LogP contribution in [-0.2, 0) is 4.74 Å². The normalized spacial score (nSPS) is 21.5. The Balaban J connectivity index is 1.53. The number of carbonyl (C=O) groups is 1. The third-order valence-electron chi connectivity index (χ3n) is 4.49. The first-order valence-corrected chi connectivity index (χ1v) is 8.17. The molecule has 2 atom stereocenters. The van der Waals surface area contributed by atoms with Crippen LogP contribution >= 0.6 is 0 Å². The number of amides is 1. The quantitative estimate of drug-likeness (QED) is 0.833. The molecule has 0 unspecified atom stereocenters. The summed E-state index contributed by atoms with van der Waals surface area (Å²) in [7, 11) is 0. The number of benzene rings is 1. The molecule has 0 saturated heterocycles. The minimum atomic E-state index is -0.459. The van der Waals surface area contributed by atoms with Crippen molar-refractivity contribution in [3.63, 3.8) is 0 Å². The van der Waals surface area contributed by atoms with Gasteiger partial charge in [-0.2, -0.15) is 0 Å². The van der Waals surface area contributed by atoms with Crippen molar-refractivity contribution < 1.29 is 13.9 Å². The van der Waals surface area contributed by atoms with Gasteiger partial charge < -0.3 is 15.0 Å². The molecule has 2 N–H and O–H groups in total. The smallest absolute Gasteiger partial charge is 0.253 e. The predicted molar refractivity (Wildman–Crippen MR) is 85.8 cm³/mol. The Morgan fingerprint density at radius 3 is 3.09 bits per heavy atom. The van der Waals surface area contributed by atoms with E-state index in [4.69, 9.17) is 4.74 Å². The molecule has 1 amide bonds. The fourth-order valence-corrected chi connectivity index (χ4v) is 3.19. The van der Waals surface area contributed by atoms with Crippen molar-refractivity contribution in [3.05, 3.63) is 29.8 Å². The van der Waals surface area contributed by atoms with E-state index in [1.807, 2.05) is 0 Å². The van der Waals surface area contributed by atoms with Gasteiger partial charge in [0.15, 0.2) is 0 Å². The van der Waals surface area contributed by atoms with Gasteiger partial charge in [-0.15, -0.1) is 0 Å². The summed E-state index contributed by atoms with van der Waals surface area (Å²) in [6, 6.07) is 2.54. The molecule has 1 aromatic carbocycles. The van der Waals surface area contributed by atoms with E-state index in [2.05, 4.69) is 22.2 Å². The summed E-state index contributed by atoms with van der Waals surface area (Å²) >= 11 is 0. The molecule has 3 rings (SSSR count). The van der Waals surface area contributed by atoms with Gasteiger partial charge in [-0.3, -0.25) is 4.79 Å². The van der Waals surface area contributed by atoms with Crippen molar-refractivity contribution >= 4 is 16.9 Å². The van der Waals surface area contributed by atoms with Gasteiger partial charge >= 0.3 is 0 Å². The molecule has 2 aromatic rings. The van der Waals surface area contributed by atoms with Crippen LogP contribution in [0.5, 0.6) is 0 Å². The van der Waals surface area contributed by atoms with Crippen LogP contribution in [0.2, 0.25) is 0 Å². The fraction of sp³-hybridized carbons (Fsp3) is 0.529. The Kier molecular flexibility index (Phi) is 4.91. The van der Waals surface area contributed by atoms with Crippen LogP contribution < -0.4 is 5.32 Å². The highest BCUT2D eigenvalue weighted by atomic mass is 19.1. The van der Waals surface area contributed by atoms with E-state index in [1.54, 1.807) is 0 Å². The second-order valence-corrected chi connectivity index (χ2v) is 6.18. The maximum atomic E-state index is 13.6. The third-order valence-corrected chi connectivity index (χ3v) is 4.49. The molecule has 1 aromatic heterocycles. The molecule has 1 aliphatic rings. The molecule has 0 spiro atoms. The van der Waals surface area contributed by atoms with Crippen molar-refractivity contribution in [2.24, 2.45) is 5.92 Å². The summed E-state index contributed by atoms with van der Waals surface area (Å²) in [5, 5.41) is 2.78. The van der Waals surface area contributed by atoms with Crippen molar-refractivity contribution in [2.45, 2.75) is 38.7 Å². The van der Waals surface area contributed by atoms with Gasteiger partial charge in [0.1, 0.15) is 11.3 Å². The first-order chi connectivity index (χ1) is 11.1. The van der Waals surface area contributed by atoms with Gasteiger partial charge in [0.2, 0.25) is 0 Å². The lowest BCUT2D eigenvalue weighted by molar-refractivity contribution is -0.00293. The highest BCUT2D eigenvalue weighted by Gasteiger charge is 2.21. The molecule has 5 nitrogen and oxygen atoms in total. The van der Waals surface area contributed by atoms with E-state index < -0.39 is 5.82 Å². The van der Waals surface area contributed by atoms with Gasteiger partial charge in [-0.1, -0.05) is 19.8 Å². The average molecular weight is 319 g/mol. The molecule has 1 fully saturated rings. The first kappa shape index (κ1) is 15.9. The standard InChI is InChI=1S/C17H22FN3O2/c1-11-4-2-3-5-15(11)23-7-6-19-17(22)13-8-12(18)9-14-16(13)21-10-20-14/h8-11,15H,2-7H2,1H3,(H,19,22)(H,20,21)/t11-,15-/m0/s1. The number of aromatic amines is 1. The van der Waals surface area contributed by atoms with E-state index in [0.29, 0.717) is 30.1 Å². The third kappa shape index (κ3) is 3.69. The lowest BCUT2D eigenvalue weighted by atomic mass is 9.88. The van der Waals surface area contributed by atoms with E-state index in [1.165, 1.54) is 37.7 Å². The van der Waals surface area contributed by atoms with E-state index in [0.717, 1.165) is 6.42 Å². The van der Waals surface area contributed by atoms with Gasteiger partial charge in [0.05, 0.1) is 30.1 Å². The maximum Gasteiger partial charge on any atom is 0.253 e. The summed E-state index contributed by atoms with van der Waals surface area (Å²) in [4.78, 5) is 19.1. The molecule has 1 aliphatic carbocycles. The van der Waals surface area contributed by atoms with Gasteiger partial charge in [-0.25, -0.2) is 9.37 Å². The molecule has 0 radical (unpaired) electrons. The number of nitrogens with one attached hydrogen (secondary N) is 2. The van der Waals surface area contributed by atoms with Crippen LogP contribution in [0.25, 0.3) is 11.0 Å². The van der Waals surface area contributed by atoms with E-state index >= 15 is 0 Å². The molecule has 1 saturated carbocycles. The first-order valence-electron chi connectivity index (χ1n) is 8.17. The summed E-state index contributed by atoms with van der Waals surface area (Å²) in [6.07, 6.45) is 6.52. The summed E-state index contributed by atoms with van der Waals surface area (Å²) in [6.45, 7) is 3.09. The molecule has 0 aliphatic heterocycles. The number of aromatic nitrogens is 2. The lowest BCUT2D eigenvalue weighted by Crippen LogP contribution is -2.32. The number of hydrogen-bond acceptors (Lipinski definition) is 3. The second-order valence-electron chi connectivity index (χ2n) is 6.18. The van der Waals surface area contributed by atoms with Crippen molar-refractivity contribution in [1.29, 1.82) is 0 Å². The molecular weight excluding hydrogens is 297 g/mol. The minimum Gasteiger partial charge on any atom is -0.376 e. The van der Waals surface area contributed by atoms with Gasteiger partial charge in [0.25, 0.3) is 5.91 Å². The number of halogens is 1. The fourth-order valence-electron chi connectivity index (χ4n) is 3.19. The summed E-state index contributed by atoms with van der Waals surface area (Å²) < 4.78 is 19.4. The zero-order valence-corrected chi connectivity index (χ0v) is 13.3. The molecule has 1 heterocycles. The Bertz CT molecular complexity index is 686. The van der Waals surface area contributed by atoms with Gasteiger partial charge in [-0.05, 0) is 30.9 Å². The predicted octanol–water partition coefficient (Wildman–Crippen LogP) is 3.03. The highest BCUT2D eigenvalue weighted by Crippen LogP contribution is 2.26. The summed E-state index contributed by atoms with van der Waals surface area (Å²) in [5.41, 5.74) is 1.24. The van der Waals surface area contributed by atoms with E-state index in [9.17, 15) is 9.18 Å². The van der Waals surface area contributed by atoms with Crippen LogP contribution in [0.1, 0.15) is 43.0 Å². The SMILES string of the molecule is C[C@H]1CCCC[C@@H]1OCCNC(=O)c1cc(F)cc2[nH]cnc12. The monoisotopic (exact) mass is 319 g/mol.